The van der Waals surface area contributed by atoms with Gasteiger partial charge < -0.3 is 4.52 Å². The van der Waals surface area contributed by atoms with E-state index in [4.69, 9.17) is 4.52 Å². The Morgan fingerprint density at radius 3 is 2.83 bits per heavy atom. The predicted molar refractivity (Wildman–Crippen MR) is 86.0 cm³/mol. The predicted octanol–water partition coefficient (Wildman–Crippen LogP) is 2.29. The molecule has 23 heavy (non-hydrogen) atoms. The molecule has 0 saturated carbocycles. The third-order valence-corrected chi connectivity index (χ3v) is 4.91. The van der Waals surface area contributed by atoms with E-state index in [9.17, 15) is 8.42 Å². The Kier molecular flexibility index (Phi) is 4.10. The highest BCUT2D eigenvalue weighted by Crippen LogP contribution is 2.25. The summed E-state index contributed by atoms with van der Waals surface area (Å²) in [5.41, 5.74) is 0.601. The first-order chi connectivity index (χ1) is 11.0. The van der Waals surface area contributed by atoms with Crippen LogP contribution in [0.1, 0.15) is 25.8 Å². The van der Waals surface area contributed by atoms with Crippen molar-refractivity contribution in [3.8, 4) is 11.5 Å². The van der Waals surface area contributed by atoms with Crippen LogP contribution in [0, 0.1) is 0 Å². The summed E-state index contributed by atoms with van der Waals surface area (Å²) in [6.07, 6.45) is 1.68. The first-order valence-corrected chi connectivity index (χ1v) is 8.83. The van der Waals surface area contributed by atoms with Gasteiger partial charge in [0.2, 0.25) is 21.7 Å². The summed E-state index contributed by atoms with van der Waals surface area (Å²) in [5, 5.41) is 5.85. The van der Waals surface area contributed by atoms with Gasteiger partial charge in [-0.15, -0.1) is 0 Å². The van der Waals surface area contributed by atoms with Crippen LogP contribution in [0.5, 0.6) is 0 Å². The van der Waals surface area contributed by atoms with Crippen molar-refractivity contribution in [3.05, 3.63) is 42.4 Å². The minimum Gasteiger partial charge on any atom is -0.337 e. The minimum atomic E-state index is -3.35. The highest BCUT2D eigenvalue weighted by Gasteiger charge is 2.21. The van der Waals surface area contributed by atoms with Gasteiger partial charge in [0, 0.05) is 11.6 Å². The molecule has 0 aliphatic carbocycles. The molecule has 0 spiro atoms. The number of nitrogens with zero attached hydrogens (tertiary/aromatic N) is 3. The van der Waals surface area contributed by atoms with Gasteiger partial charge in [0.25, 0.3) is 0 Å². The summed E-state index contributed by atoms with van der Waals surface area (Å²) in [4.78, 5) is 8.60. The van der Waals surface area contributed by atoms with Gasteiger partial charge in [-0.3, -0.25) is 4.98 Å². The summed E-state index contributed by atoms with van der Waals surface area (Å²) in [6.45, 7) is 3.22. The lowest BCUT2D eigenvalue weighted by atomic mass is 10.1. The Balaban J connectivity index is 1.95. The maximum atomic E-state index is 11.6. The van der Waals surface area contributed by atoms with Crippen LogP contribution in [0.25, 0.3) is 22.3 Å². The normalized spacial score (nSPS) is 13.3. The maximum Gasteiger partial charge on any atom is 0.244 e. The summed E-state index contributed by atoms with van der Waals surface area (Å²) < 4.78 is 30.9. The fourth-order valence-electron chi connectivity index (χ4n) is 2.21. The number of fused-ring (bicyclic) bond motifs is 1. The van der Waals surface area contributed by atoms with E-state index < -0.39 is 16.1 Å². The van der Waals surface area contributed by atoms with Gasteiger partial charge in [-0.05, 0) is 25.3 Å². The second-order valence-corrected chi connectivity index (χ2v) is 7.12. The molecule has 0 radical (unpaired) electrons. The molecule has 2 aromatic heterocycles. The van der Waals surface area contributed by atoms with Crippen molar-refractivity contribution in [2.75, 3.05) is 5.75 Å². The number of pyridine rings is 1. The standard InChI is InChI=1S/C15H16N4O3S/c1-3-23(20,21)19-10(2)15-17-14(18-22-15)13-12-7-5-4-6-11(12)8-9-16-13/h4-10,19H,3H2,1-2H3. The van der Waals surface area contributed by atoms with Crippen molar-refractivity contribution in [1.82, 2.24) is 19.8 Å². The summed E-state index contributed by atoms with van der Waals surface area (Å²) >= 11 is 0. The molecule has 0 aliphatic rings. The van der Waals surface area contributed by atoms with Gasteiger partial charge in [-0.2, -0.15) is 4.98 Å². The van der Waals surface area contributed by atoms with Crippen molar-refractivity contribution in [3.63, 3.8) is 0 Å². The topological polar surface area (TPSA) is 98.0 Å². The molecule has 0 aliphatic heterocycles. The van der Waals surface area contributed by atoms with E-state index in [-0.39, 0.29) is 11.6 Å². The number of hydrogen-bond acceptors (Lipinski definition) is 6. The molecule has 1 atom stereocenters. The van der Waals surface area contributed by atoms with E-state index in [1.165, 1.54) is 0 Å². The van der Waals surface area contributed by atoms with E-state index in [0.29, 0.717) is 11.5 Å². The zero-order chi connectivity index (χ0) is 16.4. The molecule has 1 aromatic carbocycles. The molecular weight excluding hydrogens is 316 g/mol. The van der Waals surface area contributed by atoms with Crippen molar-refractivity contribution < 1.29 is 12.9 Å². The molecule has 0 fully saturated rings. The van der Waals surface area contributed by atoms with Gasteiger partial charge >= 0.3 is 0 Å². The molecular formula is C15H16N4O3S. The lowest BCUT2D eigenvalue weighted by Crippen LogP contribution is -2.28. The molecule has 3 aromatic rings. The van der Waals surface area contributed by atoms with E-state index in [2.05, 4.69) is 19.8 Å². The second kappa shape index (κ2) is 6.05. The Morgan fingerprint density at radius 1 is 1.26 bits per heavy atom. The molecule has 1 N–H and O–H groups in total. The first-order valence-electron chi connectivity index (χ1n) is 7.18. The molecule has 0 saturated heterocycles. The molecule has 1 unspecified atom stereocenters. The molecule has 8 heteroatoms. The van der Waals surface area contributed by atoms with E-state index in [1.807, 2.05) is 30.3 Å². The maximum absolute atomic E-state index is 11.6. The monoisotopic (exact) mass is 332 g/mol. The van der Waals surface area contributed by atoms with Gasteiger partial charge in [0.15, 0.2) is 0 Å². The van der Waals surface area contributed by atoms with Gasteiger partial charge in [-0.1, -0.05) is 29.4 Å². The van der Waals surface area contributed by atoms with E-state index in [0.717, 1.165) is 10.8 Å². The van der Waals surface area contributed by atoms with E-state index in [1.54, 1.807) is 20.0 Å². The SMILES string of the molecule is CCS(=O)(=O)NC(C)c1nc(-c2nccc3ccccc23)no1. The lowest BCUT2D eigenvalue weighted by molar-refractivity contribution is 0.354. The van der Waals surface area contributed by atoms with Gasteiger partial charge in [0.1, 0.15) is 5.69 Å². The van der Waals surface area contributed by atoms with Gasteiger partial charge in [-0.25, -0.2) is 13.1 Å². The summed E-state index contributed by atoms with van der Waals surface area (Å²) in [6, 6.07) is 9.05. The number of aromatic nitrogens is 3. The Labute approximate surface area is 133 Å². The van der Waals surface area contributed by atoms with Crippen molar-refractivity contribution in [1.29, 1.82) is 0 Å². The average molecular weight is 332 g/mol. The molecule has 7 nitrogen and oxygen atoms in total. The first kappa shape index (κ1) is 15.6. The van der Waals surface area contributed by atoms with Crippen molar-refractivity contribution in [2.24, 2.45) is 0 Å². The molecule has 0 amide bonds. The van der Waals surface area contributed by atoms with Crippen LogP contribution >= 0.6 is 0 Å². The minimum absolute atomic E-state index is 0.0107. The smallest absolute Gasteiger partial charge is 0.244 e. The molecule has 2 heterocycles. The van der Waals surface area contributed by atoms with Crippen LogP contribution in [0.15, 0.2) is 41.1 Å². The van der Waals surface area contributed by atoms with Crippen LogP contribution < -0.4 is 4.72 Å². The average Bonchev–Trinajstić information content (AvgIpc) is 3.04. The van der Waals surface area contributed by atoms with Gasteiger partial charge in [0.05, 0.1) is 11.8 Å². The second-order valence-electron chi connectivity index (χ2n) is 5.08. The fourth-order valence-corrected chi connectivity index (χ4v) is 3.01. The molecule has 3 rings (SSSR count). The number of sulfonamides is 1. The van der Waals surface area contributed by atoms with Crippen LogP contribution in [0.3, 0.4) is 0 Å². The van der Waals surface area contributed by atoms with Crippen LogP contribution in [0.2, 0.25) is 0 Å². The Bertz CT molecular complexity index is 931. The third kappa shape index (κ3) is 3.22. The number of benzene rings is 1. The number of rotatable bonds is 5. The van der Waals surface area contributed by atoms with E-state index >= 15 is 0 Å². The van der Waals surface area contributed by atoms with Crippen LogP contribution in [-0.4, -0.2) is 29.3 Å². The molecule has 120 valence electrons. The fraction of sp³-hybridized carbons (Fsp3) is 0.267. The zero-order valence-corrected chi connectivity index (χ0v) is 13.5. The van der Waals surface area contributed by atoms with Crippen LogP contribution in [-0.2, 0) is 10.0 Å². The Morgan fingerprint density at radius 2 is 2.04 bits per heavy atom. The summed E-state index contributed by atoms with van der Waals surface area (Å²) in [5.74, 6) is 0.523. The quantitative estimate of drug-likeness (QED) is 0.770. The largest absolute Gasteiger partial charge is 0.337 e. The highest BCUT2D eigenvalue weighted by molar-refractivity contribution is 7.89. The highest BCUT2D eigenvalue weighted by atomic mass is 32.2. The number of nitrogens with one attached hydrogen (secondary N) is 1. The molecule has 0 bridgehead atoms. The lowest BCUT2D eigenvalue weighted by Gasteiger charge is -2.08. The summed E-state index contributed by atoms with van der Waals surface area (Å²) in [7, 11) is -3.35. The van der Waals surface area contributed by atoms with Crippen LogP contribution in [0.4, 0.5) is 0 Å². The third-order valence-electron chi connectivity index (χ3n) is 3.43. The van der Waals surface area contributed by atoms with Crippen molar-refractivity contribution in [2.45, 2.75) is 19.9 Å². The Hall–Kier alpha value is -2.32. The van der Waals surface area contributed by atoms with Crippen molar-refractivity contribution >= 4 is 20.8 Å². The number of hydrogen-bond donors (Lipinski definition) is 1. The zero-order valence-electron chi connectivity index (χ0n) is 12.7.